The van der Waals surface area contributed by atoms with Crippen LogP contribution in [0.4, 0.5) is 0 Å². The van der Waals surface area contributed by atoms with E-state index in [2.05, 4.69) is 16.0 Å². The molecule has 0 aliphatic heterocycles. The van der Waals surface area contributed by atoms with Crippen molar-refractivity contribution in [2.75, 3.05) is 13.7 Å². The van der Waals surface area contributed by atoms with Crippen LogP contribution in [0.1, 0.15) is 17.5 Å². The van der Waals surface area contributed by atoms with Gasteiger partial charge in [-0.05, 0) is 61.5 Å². The van der Waals surface area contributed by atoms with Gasteiger partial charge in [-0.15, -0.1) is 11.3 Å². The number of allylic oxidation sites excluding steroid dienone is 1. The Labute approximate surface area is 189 Å². The van der Waals surface area contributed by atoms with E-state index in [9.17, 15) is 5.26 Å². The van der Waals surface area contributed by atoms with Gasteiger partial charge in [0.05, 0.1) is 30.5 Å². The standard InChI is InChI=1S/C24H18ClN3O2S/c1-3-30-19-6-4-15(5-7-19)22-14-31-24(28-22)18(13-26)11-17-10-16-12-20(29-2)8-9-21(16)27-23(17)25/h4-12,14H,3H2,1-2H3/b18-11+. The van der Waals surface area contributed by atoms with Crippen molar-refractivity contribution in [1.29, 1.82) is 5.26 Å². The Morgan fingerprint density at radius 2 is 1.90 bits per heavy atom. The van der Waals surface area contributed by atoms with E-state index < -0.39 is 0 Å². The monoisotopic (exact) mass is 447 g/mol. The summed E-state index contributed by atoms with van der Waals surface area (Å²) in [6.45, 7) is 2.57. The van der Waals surface area contributed by atoms with Crippen LogP contribution in [0.2, 0.25) is 5.15 Å². The van der Waals surface area contributed by atoms with Gasteiger partial charge in [0, 0.05) is 21.9 Å². The van der Waals surface area contributed by atoms with Crippen LogP contribution in [0.25, 0.3) is 33.8 Å². The Kier molecular flexibility index (Phi) is 6.17. The first kappa shape index (κ1) is 20.9. The van der Waals surface area contributed by atoms with Crippen LogP contribution in [0.3, 0.4) is 0 Å². The van der Waals surface area contributed by atoms with Gasteiger partial charge in [-0.1, -0.05) is 11.6 Å². The summed E-state index contributed by atoms with van der Waals surface area (Å²) >= 11 is 7.79. The van der Waals surface area contributed by atoms with E-state index in [0.717, 1.165) is 33.7 Å². The SMILES string of the molecule is CCOc1ccc(-c2csc(/C(C#N)=C/c3cc4cc(OC)ccc4nc3Cl)n2)cc1. The molecule has 2 heterocycles. The minimum atomic E-state index is 0.328. The van der Waals surface area contributed by atoms with Gasteiger partial charge in [0.1, 0.15) is 27.7 Å². The quantitative estimate of drug-likeness (QED) is 0.250. The molecule has 2 aromatic heterocycles. The van der Waals surface area contributed by atoms with Crippen LogP contribution in [0, 0.1) is 11.3 Å². The first-order chi connectivity index (χ1) is 15.1. The van der Waals surface area contributed by atoms with Crippen LogP contribution in [-0.4, -0.2) is 23.7 Å². The normalized spacial score (nSPS) is 11.4. The summed E-state index contributed by atoms with van der Waals surface area (Å²) in [5.41, 5.74) is 3.59. The largest absolute Gasteiger partial charge is 0.497 e. The molecule has 7 heteroatoms. The summed E-state index contributed by atoms with van der Waals surface area (Å²) in [6.07, 6.45) is 1.72. The zero-order valence-corrected chi connectivity index (χ0v) is 18.5. The molecule has 0 fully saturated rings. The minimum absolute atomic E-state index is 0.328. The predicted octanol–water partition coefficient (Wildman–Crippen LogP) is 6.48. The molecule has 0 N–H and O–H groups in total. The average Bonchev–Trinajstić information content (AvgIpc) is 3.28. The van der Waals surface area contributed by atoms with E-state index in [1.807, 2.05) is 60.8 Å². The number of halogens is 1. The molecule has 31 heavy (non-hydrogen) atoms. The minimum Gasteiger partial charge on any atom is -0.497 e. The van der Waals surface area contributed by atoms with Gasteiger partial charge in [-0.3, -0.25) is 0 Å². The Morgan fingerprint density at radius 3 is 2.61 bits per heavy atom. The molecule has 0 saturated carbocycles. The van der Waals surface area contributed by atoms with Gasteiger partial charge in [0.25, 0.3) is 0 Å². The van der Waals surface area contributed by atoms with E-state index >= 15 is 0 Å². The number of benzene rings is 2. The molecular formula is C24H18ClN3O2S. The number of nitriles is 1. The Balaban J connectivity index is 1.68. The zero-order valence-electron chi connectivity index (χ0n) is 16.9. The number of ether oxygens (including phenoxy) is 2. The number of pyridine rings is 1. The third-order valence-electron chi connectivity index (χ3n) is 4.62. The van der Waals surface area contributed by atoms with Crippen LogP contribution >= 0.6 is 22.9 Å². The van der Waals surface area contributed by atoms with Crippen LogP contribution in [0.5, 0.6) is 11.5 Å². The highest BCUT2D eigenvalue weighted by Crippen LogP contribution is 2.31. The number of thiazole rings is 1. The molecule has 0 amide bonds. The van der Waals surface area contributed by atoms with E-state index in [4.69, 9.17) is 21.1 Å². The second-order valence-electron chi connectivity index (χ2n) is 6.59. The molecule has 0 bridgehead atoms. The average molecular weight is 448 g/mol. The molecule has 0 spiro atoms. The van der Waals surface area contributed by atoms with E-state index in [0.29, 0.717) is 27.9 Å². The van der Waals surface area contributed by atoms with Crippen molar-refractivity contribution < 1.29 is 9.47 Å². The van der Waals surface area contributed by atoms with Gasteiger partial charge in [-0.2, -0.15) is 5.26 Å². The number of aromatic nitrogens is 2. The van der Waals surface area contributed by atoms with Gasteiger partial charge in [0.2, 0.25) is 0 Å². The number of rotatable bonds is 6. The molecule has 4 rings (SSSR count). The molecule has 154 valence electrons. The number of fused-ring (bicyclic) bond motifs is 1. The van der Waals surface area contributed by atoms with Crippen LogP contribution in [-0.2, 0) is 0 Å². The van der Waals surface area contributed by atoms with Crippen molar-refractivity contribution in [1.82, 2.24) is 9.97 Å². The maximum Gasteiger partial charge on any atom is 0.137 e. The maximum atomic E-state index is 9.75. The van der Waals surface area contributed by atoms with Crippen molar-refractivity contribution in [3.8, 4) is 28.8 Å². The lowest BCUT2D eigenvalue weighted by atomic mass is 10.1. The lowest BCUT2D eigenvalue weighted by molar-refractivity contribution is 0.340. The summed E-state index contributed by atoms with van der Waals surface area (Å²) in [4.78, 5) is 9.08. The molecule has 0 radical (unpaired) electrons. The highest BCUT2D eigenvalue weighted by molar-refractivity contribution is 7.11. The fourth-order valence-corrected chi connectivity index (χ4v) is 4.09. The summed E-state index contributed by atoms with van der Waals surface area (Å²) in [7, 11) is 1.61. The number of methoxy groups -OCH3 is 1. The molecule has 5 nitrogen and oxygen atoms in total. The van der Waals surface area contributed by atoms with Crippen LogP contribution in [0.15, 0.2) is 53.9 Å². The summed E-state index contributed by atoms with van der Waals surface area (Å²) in [5, 5.41) is 13.5. The molecule has 0 unspecified atom stereocenters. The summed E-state index contributed by atoms with van der Waals surface area (Å²) < 4.78 is 10.8. The van der Waals surface area contributed by atoms with Crippen molar-refractivity contribution in [2.24, 2.45) is 0 Å². The number of hydrogen-bond donors (Lipinski definition) is 0. The summed E-state index contributed by atoms with van der Waals surface area (Å²) in [5.74, 6) is 1.54. The van der Waals surface area contributed by atoms with Crippen molar-refractivity contribution in [3.63, 3.8) is 0 Å². The molecule has 0 aliphatic carbocycles. The van der Waals surface area contributed by atoms with Crippen LogP contribution < -0.4 is 9.47 Å². The second kappa shape index (κ2) is 9.17. The predicted molar refractivity (Wildman–Crippen MR) is 126 cm³/mol. The zero-order chi connectivity index (χ0) is 21.8. The van der Waals surface area contributed by atoms with E-state index in [1.165, 1.54) is 11.3 Å². The van der Waals surface area contributed by atoms with Gasteiger partial charge < -0.3 is 9.47 Å². The lowest BCUT2D eigenvalue weighted by Gasteiger charge is -2.05. The maximum absolute atomic E-state index is 9.75. The third kappa shape index (κ3) is 4.53. The first-order valence-electron chi connectivity index (χ1n) is 9.56. The fraction of sp³-hybridized carbons (Fsp3) is 0.125. The second-order valence-corrected chi connectivity index (χ2v) is 7.81. The first-order valence-corrected chi connectivity index (χ1v) is 10.8. The molecule has 0 aliphatic rings. The van der Waals surface area contributed by atoms with Crippen molar-refractivity contribution in [2.45, 2.75) is 6.92 Å². The lowest BCUT2D eigenvalue weighted by Crippen LogP contribution is -1.90. The fourth-order valence-electron chi connectivity index (χ4n) is 3.09. The van der Waals surface area contributed by atoms with Gasteiger partial charge >= 0.3 is 0 Å². The highest BCUT2D eigenvalue weighted by Gasteiger charge is 2.12. The molecule has 4 aromatic rings. The summed E-state index contributed by atoms with van der Waals surface area (Å²) in [6, 6.07) is 17.4. The number of hydrogen-bond acceptors (Lipinski definition) is 6. The Morgan fingerprint density at radius 1 is 1.13 bits per heavy atom. The third-order valence-corrected chi connectivity index (χ3v) is 5.80. The molecule has 0 saturated heterocycles. The van der Waals surface area contributed by atoms with Crippen molar-refractivity contribution in [3.05, 3.63) is 69.6 Å². The number of nitrogens with zero attached hydrogens (tertiary/aromatic N) is 3. The smallest absolute Gasteiger partial charge is 0.137 e. The van der Waals surface area contributed by atoms with E-state index in [1.54, 1.807) is 13.2 Å². The van der Waals surface area contributed by atoms with E-state index in [-0.39, 0.29) is 0 Å². The molecular weight excluding hydrogens is 430 g/mol. The van der Waals surface area contributed by atoms with Gasteiger partial charge in [-0.25, -0.2) is 9.97 Å². The Hall–Kier alpha value is -3.40. The van der Waals surface area contributed by atoms with Crippen molar-refractivity contribution >= 4 is 45.5 Å². The Bertz CT molecular complexity index is 1310. The molecule has 2 aromatic carbocycles. The van der Waals surface area contributed by atoms with Gasteiger partial charge in [0.15, 0.2) is 0 Å². The highest BCUT2D eigenvalue weighted by atomic mass is 35.5. The molecule has 0 atom stereocenters. The topological polar surface area (TPSA) is 68.0 Å².